The van der Waals surface area contributed by atoms with Crippen molar-refractivity contribution in [2.45, 2.75) is 49.0 Å². The Balaban J connectivity index is 0. The maximum Gasteiger partial charge on any atom is 0.0870 e. The van der Waals surface area contributed by atoms with Crippen molar-refractivity contribution in [3.8, 4) is 0 Å². The second kappa shape index (κ2) is 8.74. The van der Waals surface area contributed by atoms with Gasteiger partial charge in [-0.25, -0.2) is 0 Å². The molecule has 0 aliphatic rings. The molecule has 0 rings (SSSR count). The van der Waals surface area contributed by atoms with Crippen molar-refractivity contribution in [2.75, 3.05) is 0 Å². The molecule has 91 valence electrons. The molecule has 0 fully saturated rings. The van der Waals surface area contributed by atoms with Crippen LogP contribution in [-0.4, -0.2) is 11.9 Å². The predicted octanol–water partition coefficient (Wildman–Crippen LogP) is 0.379. The van der Waals surface area contributed by atoms with Gasteiger partial charge in [-0.1, -0.05) is 0 Å². The number of hydrogen-bond acceptors (Lipinski definition) is 4. The van der Waals surface area contributed by atoms with Crippen LogP contribution in [0, 0.1) is 0 Å². The number of carboxylic acid groups (broad SMARTS) is 2. The molecule has 0 atom stereocenters. The molecule has 0 saturated heterocycles. The Morgan fingerprint density at radius 2 is 1.00 bits per heavy atom. The summed E-state index contributed by atoms with van der Waals surface area (Å²) in [7, 11) is 0. The van der Waals surface area contributed by atoms with Crippen molar-refractivity contribution in [3.63, 3.8) is 0 Å². The largest absolute Gasteiger partial charge is 0.543 e. The van der Waals surface area contributed by atoms with Crippen LogP contribution in [0.15, 0.2) is 0 Å². The monoisotopic (exact) mass is 259 g/mol. The first-order valence-electron chi connectivity index (χ1n) is 4.96. The first kappa shape index (κ1) is 16.9. The number of hydrogen-bond donors (Lipinski definition) is 0. The van der Waals surface area contributed by atoms with E-state index in [9.17, 15) is 0 Å². The fraction of sp³-hybridized carbons (Fsp3) is 0.800. The summed E-state index contributed by atoms with van der Waals surface area (Å²) in [4.78, 5) is 17.9. The average molecular weight is 259 g/mol. The fourth-order valence-electron chi connectivity index (χ4n) is 1.13. The van der Waals surface area contributed by atoms with E-state index in [0.29, 0.717) is 0 Å². The standard InChI is InChI=1S/C2H2O4.4C2H5.Mn/c3-1(4)2(5)6;4*1-2;/h(H,3,4)(H,5,6);4*1H2,2H3;/q;;;;;+2/p-2. The second-order valence-corrected chi connectivity index (χ2v) is 9.66. The minimum atomic E-state index is -2.19. The van der Waals surface area contributed by atoms with Crippen LogP contribution < -0.4 is 10.2 Å². The number of carbonyl (C=O) groups excluding carboxylic acids is 2. The average Bonchev–Trinajstić information content (AvgIpc) is 2.23. The maximum atomic E-state index is 8.93. The van der Waals surface area contributed by atoms with E-state index in [1.54, 1.807) is 0 Å². The quantitative estimate of drug-likeness (QED) is 0.540. The Hall–Kier alpha value is -0.541. The van der Waals surface area contributed by atoms with Crippen LogP contribution in [0.25, 0.3) is 0 Å². The summed E-state index contributed by atoms with van der Waals surface area (Å²) in [5.41, 5.74) is 0. The minimum Gasteiger partial charge on any atom is -0.543 e. The van der Waals surface area contributed by atoms with Crippen molar-refractivity contribution in [2.24, 2.45) is 0 Å². The Labute approximate surface area is 93.9 Å². The van der Waals surface area contributed by atoms with Gasteiger partial charge in [0, 0.05) is 0 Å². The normalized spacial score (nSPS) is 10.1. The molecular formula is C10H20MnO4. The van der Waals surface area contributed by atoms with E-state index in [1.165, 1.54) is 21.3 Å². The van der Waals surface area contributed by atoms with Crippen LogP contribution in [0.2, 0.25) is 21.3 Å². The zero-order chi connectivity index (χ0) is 12.5. The van der Waals surface area contributed by atoms with Gasteiger partial charge in [0.1, 0.15) is 0 Å². The third kappa shape index (κ3) is 7.40. The third-order valence-corrected chi connectivity index (χ3v) is 9.52. The van der Waals surface area contributed by atoms with Crippen molar-refractivity contribution in [1.82, 2.24) is 0 Å². The van der Waals surface area contributed by atoms with Crippen LogP contribution in [0.5, 0.6) is 0 Å². The van der Waals surface area contributed by atoms with E-state index in [0.717, 1.165) is 0 Å². The fourth-order valence-corrected chi connectivity index (χ4v) is 4.68. The van der Waals surface area contributed by atoms with Gasteiger partial charge in [-0.2, -0.15) is 0 Å². The van der Waals surface area contributed by atoms with Crippen molar-refractivity contribution in [1.29, 1.82) is 0 Å². The van der Waals surface area contributed by atoms with Gasteiger partial charge in [-0.3, -0.25) is 0 Å². The molecule has 0 radical (unpaired) electrons. The first-order chi connectivity index (χ1) is 6.89. The van der Waals surface area contributed by atoms with Crippen LogP contribution in [0.4, 0.5) is 0 Å². The molecule has 15 heavy (non-hydrogen) atoms. The van der Waals surface area contributed by atoms with Gasteiger partial charge in [0.05, 0.1) is 11.9 Å². The summed E-state index contributed by atoms with van der Waals surface area (Å²) in [5, 5.41) is 23.8. The Morgan fingerprint density at radius 3 is 1.00 bits per heavy atom. The topological polar surface area (TPSA) is 80.3 Å². The molecule has 0 aromatic carbocycles. The molecule has 0 aliphatic heterocycles. The van der Waals surface area contributed by atoms with Crippen molar-refractivity contribution < 1.29 is 32.6 Å². The Morgan fingerprint density at radius 1 is 0.800 bits per heavy atom. The van der Waals surface area contributed by atoms with E-state index in [1.807, 2.05) is 0 Å². The molecule has 0 aromatic heterocycles. The molecule has 5 heteroatoms. The molecule has 0 aliphatic carbocycles. The van der Waals surface area contributed by atoms with Crippen LogP contribution >= 0.6 is 0 Å². The van der Waals surface area contributed by atoms with E-state index in [-0.39, 0.29) is 0 Å². The summed E-state index contributed by atoms with van der Waals surface area (Å²) < 4.78 is 0. The van der Waals surface area contributed by atoms with Gasteiger partial charge in [-0.05, 0) is 0 Å². The number of carbonyl (C=O) groups is 2. The zero-order valence-electron chi connectivity index (χ0n) is 9.84. The van der Waals surface area contributed by atoms with Gasteiger partial charge >= 0.3 is 61.8 Å². The molecule has 0 aromatic rings. The second-order valence-electron chi connectivity index (χ2n) is 2.78. The number of aliphatic carboxylic acids is 2. The van der Waals surface area contributed by atoms with Crippen molar-refractivity contribution >= 4 is 11.9 Å². The molecule has 4 nitrogen and oxygen atoms in total. The van der Waals surface area contributed by atoms with Crippen LogP contribution in [0.1, 0.15) is 27.7 Å². The van der Waals surface area contributed by atoms with E-state index in [2.05, 4.69) is 27.7 Å². The minimum absolute atomic E-state index is 0.708. The molecule has 0 heterocycles. The summed E-state index contributed by atoms with van der Waals surface area (Å²) in [6.45, 7) is 9.46. The first-order valence-corrected chi connectivity index (χ1v) is 8.30. The van der Waals surface area contributed by atoms with Crippen LogP contribution in [0.3, 0.4) is 0 Å². The zero-order valence-corrected chi connectivity index (χ0v) is 11.0. The summed E-state index contributed by atoms with van der Waals surface area (Å²) in [6.07, 6.45) is 0. The van der Waals surface area contributed by atoms with Crippen molar-refractivity contribution in [3.05, 3.63) is 0 Å². The molecule has 0 unspecified atom stereocenters. The van der Waals surface area contributed by atoms with Gasteiger partial charge in [0.15, 0.2) is 0 Å². The smallest absolute Gasteiger partial charge is 0.0870 e. The third-order valence-electron chi connectivity index (χ3n) is 2.43. The number of rotatable bonds is 4. The Bertz CT molecular complexity index is 170. The van der Waals surface area contributed by atoms with Gasteiger partial charge in [-0.15, -0.1) is 0 Å². The van der Waals surface area contributed by atoms with Crippen LogP contribution in [-0.2, 0) is 22.4 Å². The molecular weight excluding hydrogens is 239 g/mol. The summed E-state index contributed by atoms with van der Waals surface area (Å²) in [6, 6.07) is 0. The predicted molar refractivity (Wildman–Crippen MR) is 51.9 cm³/mol. The SMILES string of the molecule is C[CH2][Mn+2]([CH2]C)([CH2]C)[CH2]C.O=C([O-])C(=O)[O-]. The number of carboxylic acids is 2. The molecule has 0 saturated carbocycles. The summed E-state index contributed by atoms with van der Waals surface area (Å²) in [5.74, 6) is -4.37. The van der Waals surface area contributed by atoms with Gasteiger partial charge in [0.2, 0.25) is 0 Å². The van der Waals surface area contributed by atoms with E-state index < -0.39 is 24.8 Å². The molecule has 0 N–H and O–H groups in total. The van der Waals surface area contributed by atoms with Gasteiger partial charge < -0.3 is 19.8 Å². The van der Waals surface area contributed by atoms with Gasteiger partial charge in [0.25, 0.3) is 0 Å². The van der Waals surface area contributed by atoms with E-state index >= 15 is 0 Å². The maximum absolute atomic E-state index is 8.93. The van der Waals surface area contributed by atoms with E-state index in [4.69, 9.17) is 19.8 Å². The molecule has 0 amide bonds. The molecule has 0 bridgehead atoms. The summed E-state index contributed by atoms with van der Waals surface area (Å²) >= 11 is -0.708. The molecule has 0 spiro atoms. The Kier molecular flexibility index (Phi) is 9.83.